The summed E-state index contributed by atoms with van der Waals surface area (Å²) in [7, 11) is -2.94. The van der Waals surface area contributed by atoms with Gasteiger partial charge in [-0.05, 0) is 48.6 Å². The second-order valence-electron chi connectivity index (χ2n) is 13.8. The Balaban J connectivity index is 1.46. The van der Waals surface area contributed by atoms with Crippen LogP contribution >= 0.6 is 0 Å². The number of rotatable bonds is 19. The smallest absolute Gasteiger partial charge is 0.460 e. The lowest BCUT2D eigenvalue weighted by Crippen LogP contribution is -2.70. The van der Waals surface area contributed by atoms with Crippen LogP contribution in [0.4, 0.5) is 57.1 Å². The molecule has 1 aliphatic heterocycles. The number of ether oxygens (including phenoxy) is 3. The number of benzene rings is 1. The highest BCUT2D eigenvalue weighted by Gasteiger charge is 2.90. The number of nitrogens with zero attached hydrogens (tertiary/aromatic N) is 2. The van der Waals surface area contributed by atoms with Crippen LogP contribution in [0.1, 0.15) is 46.0 Å². The molecule has 0 fully saturated rings. The van der Waals surface area contributed by atoms with Crippen LogP contribution in [0.3, 0.4) is 0 Å². The maximum atomic E-state index is 14.3. The molecule has 0 unspecified atom stereocenters. The first-order valence-corrected chi connectivity index (χ1v) is 19.6. The number of halogens is 13. The van der Waals surface area contributed by atoms with Gasteiger partial charge in [-0.1, -0.05) is 45.5 Å². The van der Waals surface area contributed by atoms with E-state index >= 15 is 0 Å². The topological polar surface area (TPSA) is 70.5 Å². The van der Waals surface area contributed by atoms with Gasteiger partial charge in [0.1, 0.15) is 18.1 Å². The van der Waals surface area contributed by atoms with Crippen molar-refractivity contribution in [2.75, 3.05) is 13.2 Å². The molecule has 53 heavy (non-hydrogen) atoms. The van der Waals surface area contributed by atoms with Gasteiger partial charge in [0.15, 0.2) is 11.6 Å². The quantitative estimate of drug-likeness (QED) is 0.0610. The van der Waals surface area contributed by atoms with Gasteiger partial charge >= 0.3 is 41.8 Å². The Hall–Kier alpha value is -3.58. The van der Waals surface area contributed by atoms with Crippen molar-refractivity contribution in [1.29, 1.82) is 0 Å². The van der Waals surface area contributed by atoms with E-state index < -0.39 is 56.3 Å². The lowest BCUT2D eigenvalue weighted by molar-refractivity contribution is -0.439. The van der Waals surface area contributed by atoms with Gasteiger partial charge < -0.3 is 14.2 Å². The summed E-state index contributed by atoms with van der Waals surface area (Å²) < 4.78 is 191. The van der Waals surface area contributed by atoms with Crippen molar-refractivity contribution in [1.82, 2.24) is 9.97 Å². The van der Waals surface area contributed by atoms with Crippen LogP contribution in [-0.4, -0.2) is 73.0 Å². The van der Waals surface area contributed by atoms with Crippen LogP contribution in [-0.2, 0) is 9.53 Å². The van der Waals surface area contributed by atoms with Crippen LogP contribution < -0.4 is 9.47 Å². The zero-order valence-electron chi connectivity index (χ0n) is 28.8. The van der Waals surface area contributed by atoms with E-state index in [2.05, 4.69) is 9.97 Å². The molecule has 2 aromatic rings. The SMILES string of the molecule is CC(C)CC1=C(COc2cnc(-c3ccc(OCCCC[Si](C)(C)CCC(F)(F)C(F)(F)C(F)(F)C(F)(F)C(F)(F)C(F)(F)F)cc3)nc2)OC(=O)C1. The van der Waals surface area contributed by atoms with E-state index in [0.29, 0.717) is 47.4 Å². The molecule has 0 saturated heterocycles. The average molecular weight is 801 g/mol. The number of carbonyl (C=O) groups excluding carboxylic acids is 1. The fourth-order valence-corrected chi connectivity index (χ4v) is 7.64. The summed E-state index contributed by atoms with van der Waals surface area (Å²) in [6.45, 7) is 7.01. The Kier molecular flexibility index (Phi) is 13.2. The van der Waals surface area contributed by atoms with Gasteiger partial charge in [0.2, 0.25) is 0 Å². The minimum atomic E-state index is -7.89. The zero-order valence-corrected chi connectivity index (χ0v) is 29.8. The molecule has 1 aliphatic rings. The second kappa shape index (κ2) is 16.0. The molecular weight excluding hydrogens is 763 g/mol. The van der Waals surface area contributed by atoms with Crippen molar-refractivity contribution in [3.63, 3.8) is 0 Å². The molecular formula is C33H37F13N2O4Si. The molecule has 0 aliphatic carbocycles. The predicted octanol–water partition coefficient (Wildman–Crippen LogP) is 10.8. The van der Waals surface area contributed by atoms with Crippen LogP contribution in [0, 0.1) is 5.92 Å². The molecule has 0 atom stereocenters. The van der Waals surface area contributed by atoms with E-state index in [-0.39, 0.29) is 38.1 Å². The Bertz CT molecular complexity index is 1580. The summed E-state index contributed by atoms with van der Waals surface area (Å²) in [5.74, 6) is -35.1. The third-order valence-electron chi connectivity index (χ3n) is 8.39. The Morgan fingerprint density at radius 1 is 0.755 bits per heavy atom. The van der Waals surface area contributed by atoms with Gasteiger partial charge in [0.05, 0.1) is 25.4 Å². The molecule has 3 rings (SSSR count). The Morgan fingerprint density at radius 2 is 1.32 bits per heavy atom. The molecule has 0 radical (unpaired) electrons. The Morgan fingerprint density at radius 3 is 1.87 bits per heavy atom. The molecule has 0 saturated carbocycles. The standard InChI is InChI=1S/C33H37F13N2O4Si/c1-20(2)15-22-16-26(49)52-25(22)19-51-24-17-47-27(48-18-24)21-7-9-23(10-8-21)50-12-5-6-13-53(3,4)14-11-28(34,35)29(36,37)30(38,39)31(40,41)32(42,43)33(44,45)46/h7-10,17-18,20H,5-6,11-16,19H2,1-4H3. The number of aromatic nitrogens is 2. The largest absolute Gasteiger partial charge is 0.494 e. The fourth-order valence-electron chi connectivity index (χ4n) is 5.19. The summed E-state index contributed by atoms with van der Waals surface area (Å²) in [4.78, 5) is 20.2. The summed E-state index contributed by atoms with van der Waals surface area (Å²) >= 11 is 0. The third-order valence-corrected chi connectivity index (χ3v) is 11.7. The van der Waals surface area contributed by atoms with E-state index in [1.807, 2.05) is 13.8 Å². The van der Waals surface area contributed by atoms with Gasteiger partial charge in [0, 0.05) is 20.1 Å². The molecule has 1 aromatic heterocycles. The first-order chi connectivity index (χ1) is 24.1. The molecule has 298 valence electrons. The van der Waals surface area contributed by atoms with Crippen LogP contribution in [0.25, 0.3) is 11.4 Å². The molecule has 0 N–H and O–H groups in total. The fraction of sp³-hybridized carbons (Fsp3) is 0.606. The maximum absolute atomic E-state index is 14.3. The van der Waals surface area contributed by atoms with E-state index in [1.165, 1.54) is 25.5 Å². The second-order valence-corrected chi connectivity index (χ2v) is 19.1. The van der Waals surface area contributed by atoms with E-state index in [1.54, 1.807) is 24.3 Å². The molecule has 0 bridgehead atoms. The number of hydrogen-bond donors (Lipinski definition) is 0. The predicted molar refractivity (Wildman–Crippen MR) is 167 cm³/mol. The van der Waals surface area contributed by atoms with Gasteiger partial charge in [-0.3, -0.25) is 4.79 Å². The lowest BCUT2D eigenvalue weighted by atomic mass is 9.93. The third kappa shape index (κ3) is 9.95. The molecule has 1 aromatic carbocycles. The van der Waals surface area contributed by atoms with E-state index in [9.17, 15) is 61.9 Å². The highest BCUT2D eigenvalue weighted by atomic mass is 28.3. The van der Waals surface area contributed by atoms with E-state index in [0.717, 1.165) is 5.57 Å². The minimum absolute atomic E-state index is 0.0467. The van der Waals surface area contributed by atoms with Crippen molar-refractivity contribution in [3.8, 4) is 22.9 Å². The summed E-state index contributed by atoms with van der Waals surface area (Å²) in [6.07, 6.45) is -5.14. The van der Waals surface area contributed by atoms with Gasteiger partial charge in [-0.15, -0.1) is 0 Å². The van der Waals surface area contributed by atoms with Gasteiger partial charge in [-0.2, -0.15) is 57.1 Å². The highest BCUT2D eigenvalue weighted by Crippen LogP contribution is 2.61. The number of carbonyl (C=O) groups is 1. The first kappa shape index (κ1) is 43.8. The molecule has 0 spiro atoms. The molecule has 0 amide bonds. The van der Waals surface area contributed by atoms with Crippen molar-refractivity contribution >= 4 is 14.0 Å². The average Bonchev–Trinajstić information content (AvgIpc) is 3.40. The van der Waals surface area contributed by atoms with Crippen LogP contribution in [0.2, 0.25) is 25.2 Å². The highest BCUT2D eigenvalue weighted by molar-refractivity contribution is 6.77. The number of cyclic esters (lactones) is 1. The van der Waals surface area contributed by atoms with Crippen molar-refractivity contribution in [2.24, 2.45) is 5.92 Å². The number of hydrogen-bond acceptors (Lipinski definition) is 6. The summed E-state index contributed by atoms with van der Waals surface area (Å²) in [6, 6.07) is 5.85. The van der Waals surface area contributed by atoms with Gasteiger partial charge in [-0.25, -0.2) is 9.97 Å². The number of esters is 1. The summed E-state index contributed by atoms with van der Waals surface area (Å²) in [5.41, 5.74) is 1.51. The van der Waals surface area contributed by atoms with Crippen LogP contribution in [0.15, 0.2) is 48.0 Å². The minimum Gasteiger partial charge on any atom is -0.494 e. The lowest BCUT2D eigenvalue weighted by Gasteiger charge is -2.40. The van der Waals surface area contributed by atoms with Crippen molar-refractivity contribution in [2.45, 2.75) is 107 Å². The first-order valence-electron chi connectivity index (χ1n) is 16.2. The van der Waals surface area contributed by atoms with Crippen LogP contribution in [0.5, 0.6) is 11.5 Å². The normalized spacial score (nSPS) is 15.3. The molecule has 2 heterocycles. The van der Waals surface area contributed by atoms with E-state index in [4.69, 9.17) is 14.2 Å². The number of unbranched alkanes of at least 4 members (excludes halogenated alkanes) is 1. The molecule has 6 nitrogen and oxygen atoms in total. The number of alkyl halides is 13. The monoisotopic (exact) mass is 800 g/mol. The van der Waals surface area contributed by atoms with Gasteiger partial charge in [0.25, 0.3) is 0 Å². The molecule has 20 heteroatoms. The zero-order chi connectivity index (χ0) is 40.3. The van der Waals surface area contributed by atoms with Crippen molar-refractivity contribution < 1.29 is 76.1 Å². The summed E-state index contributed by atoms with van der Waals surface area (Å²) in [5, 5.41) is 0. The van der Waals surface area contributed by atoms with Crippen molar-refractivity contribution in [3.05, 3.63) is 48.0 Å². The maximum Gasteiger partial charge on any atom is 0.460 e. The Labute approximate surface area is 297 Å².